The minimum Gasteiger partial charge on any atom is -0.494 e. The number of rotatable bonds is 6. The van der Waals surface area contributed by atoms with E-state index in [0.29, 0.717) is 12.2 Å². The van der Waals surface area contributed by atoms with Gasteiger partial charge in [-0.15, -0.1) is 0 Å². The van der Waals surface area contributed by atoms with Crippen molar-refractivity contribution in [2.45, 2.75) is 13.3 Å². The summed E-state index contributed by atoms with van der Waals surface area (Å²) < 4.78 is 6.64. The Kier molecular flexibility index (Phi) is 6.39. The van der Waals surface area contributed by atoms with Gasteiger partial charge in [0.25, 0.3) is 5.91 Å². The first kappa shape index (κ1) is 16.5. The van der Waals surface area contributed by atoms with E-state index in [9.17, 15) is 4.79 Å². The molecule has 0 atom stereocenters. The van der Waals surface area contributed by atoms with Crippen molar-refractivity contribution in [2.75, 3.05) is 6.61 Å². The topological polar surface area (TPSA) is 50.7 Å². The van der Waals surface area contributed by atoms with E-state index in [-0.39, 0.29) is 5.91 Å². The molecule has 0 heterocycles. The van der Waals surface area contributed by atoms with Gasteiger partial charge >= 0.3 is 0 Å². The minimum absolute atomic E-state index is 0.231. The van der Waals surface area contributed by atoms with Crippen molar-refractivity contribution in [3.63, 3.8) is 0 Å². The zero-order chi connectivity index (χ0) is 15.8. The molecule has 0 aliphatic rings. The number of amides is 1. The van der Waals surface area contributed by atoms with Gasteiger partial charge in [0, 0.05) is 9.13 Å². The standard InChI is InChI=1S/C17H17IN2O2/c1-2-10-22-16-5-3-4-13(11-16)12-19-20-17(21)14-6-8-15(18)9-7-14/h3-9,11-12H,2,10H2,1H3,(H,20,21)/b19-12-. The fourth-order valence-corrected chi connectivity index (χ4v) is 2.10. The Balaban J connectivity index is 1.94. The Morgan fingerprint density at radius 1 is 1.27 bits per heavy atom. The van der Waals surface area contributed by atoms with Gasteiger partial charge in [-0.05, 0) is 71.0 Å². The van der Waals surface area contributed by atoms with Gasteiger partial charge in [0.2, 0.25) is 0 Å². The van der Waals surface area contributed by atoms with Crippen LogP contribution in [0.4, 0.5) is 0 Å². The molecule has 2 aromatic rings. The van der Waals surface area contributed by atoms with E-state index < -0.39 is 0 Å². The zero-order valence-electron chi connectivity index (χ0n) is 12.3. The number of halogens is 1. The Morgan fingerprint density at radius 2 is 2.05 bits per heavy atom. The molecule has 0 radical (unpaired) electrons. The highest BCUT2D eigenvalue weighted by atomic mass is 127. The maximum Gasteiger partial charge on any atom is 0.271 e. The number of nitrogens with zero attached hydrogens (tertiary/aromatic N) is 1. The third-order valence-electron chi connectivity index (χ3n) is 2.82. The van der Waals surface area contributed by atoms with E-state index >= 15 is 0 Å². The van der Waals surface area contributed by atoms with Crippen molar-refractivity contribution in [3.05, 3.63) is 63.2 Å². The summed E-state index contributed by atoms with van der Waals surface area (Å²) >= 11 is 2.20. The van der Waals surface area contributed by atoms with Gasteiger partial charge in [0.1, 0.15) is 5.75 Å². The Hall–Kier alpha value is -1.89. The van der Waals surface area contributed by atoms with Gasteiger partial charge in [-0.2, -0.15) is 5.10 Å². The van der Waals surface area contributed by atoms with Crippen LogP contribution < -0.4 is 10.2 Å². The van der Waals surface area contributed by atoms with Crippen LogP contribution in [0.2, 0.25) is 0 Å². The van der Waals surface area contributed by atoms with Gasteiger partial charge in [-0.25, -0.2) is 5.43 Å². The first-order valence-corrected chi connectivity index (χ1v) is 8.08. The van der Waals surface area contributed by atoms with Crippen molar-refractivity contribution in [2.24, 2.45) is 5.10 Å². The van der Waals surface area contributed by atoms with E-state index in [1.165, 1.54) is 0 Å². The van der Waals surface area contributed by atoms with Gasteiger partial charge in [-0.3, -0.25) is 4.79 Å². The molecule has 0 spiro atoms. The number of ether oxygens (including phenoxy) is 1. The molecule has 1 N–H and O–H groups in total. The van der Waals surface area contributed by atoms with E-state index in [4.69, 9.17) is 4.74 Å². The molecule has 0 aliphatic heterocycles. The van der Waals surface area contributed by atoms with E-state index in [1.54, 1.807) is 18.3 Å². The lowest BCUT2D eigenvalue weighted by Crippen LogP contribution is -2.17. The number of benzene rings is 2. The largest absolute Gasteiger partial charge is 0.494 e. The summed E-state index contributed by atoms with van der Waals surface area (Å²) in [5, 5.41) is 3.98. The number of carbonyl (C=O) groups is 1. The highest BCUT2D eigenvalue weighted by Crippen LogP contribution is 2.12. The van der Waals surface area contributed by atoms with E-state index in [1.807, 2.05) is 36.4 Å². The maximum atomic E-state index is 11.9. The lowest BCUT2D eigenvalue weighted by Gasteiger charge is -2.04. The van der Waals surface area contributed by atoms with Crippen LogP contribution in [0.15, 0.2) is 53.6 Å². The zero-order valence-corrected chi connectivity index (χ0v) is 14.4. The van der Waals surface area contributed by atoms with Gasteiger partial charge < -0.3 is 4.74 Å². The molecule has 0 aromatic heterocycles. The SMILES string of the molecule is CCCOc1cccc(/C=N\NC(=O)c2ccc(I)cc2)c1. The first-order chi connectivity index (χ1) is 10.7. The maximum absolute atomic E-state index is 11.9. The molecule has 5 heteroatoms. The Labute approximate surface area is 143 Å². The quantitative estimate of drug-likeness (QED) is 0.449. The second-order valence-corrected chi connectivity index (χ2v) is 5.87. The molecule has 0 unspecified atom stereocenters. The highest BCUT2D eigenvalue weighted by molar-refractivity contribution is 14.1. The molecule has 4 nitrogen and oxygen atoms in total. The van der Waals surface area contributed by atoms with Crippen LogP contribution in [-0.2, 0) is 0 Å². The third-order valence-corrected chi connectivity index (χ3v) is 3.54. The monoisotopic (exact) mass is 408 g/mol. The molecule has 0 fully saturated rings. The summed E-state index contributed by atoms with van der Waals surface area (Å²) in [6, 6.07) is 14.9. The van der Waals surface area contributed by atoms with Crippen LogP contribution in [0.3, 0.4) is 0 Å². The van der Waals surface area contributed by atoms with Crippen LogP contribution in [0.5, 0.6) is 5.75 Å². The van der Waals surface area contributed by atoms with E-state index in [2.05, 4.69) is 40.0 Å². The molecule has 0 aliphatic carbocycles. The molecule has 114 valence electrons. The summed E-state index contributed by atoms with van der Waals surface area (Å²) in [5.74, 6) is 0.570. The van der Waals surface area contributed by atoms with Gasteiger partial charge in [0.05, 0.1) is 12.8 Å². The smallest absolute Gasteiger partial charge is 0.271 e. The average Bonchev–Trinajstić information content (AvgIpc) is 2.54. The fraction of sp³-hybridized carbons (Fsp3) is 0.176. The number of hydrogen-bond acceptors (Lipinski definition) is 3. The van der Waals surface area contributed by atoms with Gasteiger partial charge in [-0.1, -0.05) is 19.1 Å². The molecule has 0 bridgehead atoms. The molecular weight excluding hydrogens is 391 g/mol. The van der Waals surface area contributed by atoms with Crippen molar-refractivity contribution >= 4 is 34.7 Å². The summed E-state index contributed by atoms with van der Waals surface area (Å²) in [7, 11) is 0. The van der Waals surface area contributed by atoms with Gasteiger partial charge in [0.15, 0.2) is 0 Å². The normalized spacial score (nSPS) is 10.6. The molecule has 2 aromatic carbocycles. The average molecular weight is 408 g/mol. The second kappa shape index (κ2) is 8.53. The predicted molar refractivity (Wildman–Crippen MR) is 96.4 cm³/mol. The molecule has 1 amide bonds. The van der Waals surface area contributed by atoms with Crippen LogP contribution in [0, 0.1) is 3.57 Å². The highest BCUT2D eigenvalue weighted by Gasteiger charge is 2.03. The summed E-state index contributed by atoms with van der Waals surface area (Å²) in [6.07, 6.45) is 2.56. The molecular formula is C17H17IN2O2. The van der Waals surface area contributed by atoms with Crippen molar-refractivity contribution in [3.8, 4) is 5.75 Å². The Morgan fingerprint density at radius 3 is 2.77 bits per heavy atom. The van der Waals surface area contributed by atoms with Crippen LogP contribution >= 0.6 is 22.6 Å². The summed E-state index contributed by atoms with van der Waals surface area (Å²) in [4.78, 5) is 11.9. The third kappa shape index (κ3) is 5.14. The fourth-order valence-electron chi connectivity index (χ4n) is 1.74. The molecule has 2 rings (SSSR count). The molecule has 0 saturated carbocycles. The Bertz CT molecular complexity index is 654. The second-order valence-electron chi connectivity index (χ2n) is 4.63. The number of hydrogen-bond donors (Lipinski definition) is 1. The first-order valence-electron chi connectivity index (χ1n) is 7.01. The summed E-state index contributed by atoms with van der Waals surface area (Å²) in [5.41, 5.74) is 3.97. The minimum atomic E-state index is -0.231. The summed E-state index contributed by atoms with van der Waals surface area (Å²) in [6.45, 7) is 2.75. The molecule has 0 saturated heterocycles. The van der Waals surface area contributed by atoms with Crippen LogP contribution in [0.1, 0.15) is 29.3 Å². The predicted octanol–water partition coefficient (Wildman–Crippen LogP) is 3.84. The lowest BCUT2D eigenvalue weighted by atomic mass is 10.2. The number of carbonyl (C=O) groups excluding carboxylic acids is 1. The number of nitrogens with one attached hydrogen (secondary N) is 1. The lowest BCUT2D eigenvalue weighted by molar-refractivity contribution is 0.0955. The van der Waals surface area contributed by atoms with Crippen molar-refractivity contribution in [1.29, 1.82) is 0 Å². The van der Waals surface area contributed by atoms with Crippen molar-refractivity contribution < 1.29 is 9.53 Å². The number of hydrazone groups is 1. The van der Waals surface area contributed by atoms with Crippen LogP contribution in [0.25, 0.3) is 0 Å². The van der Waals surface area contributed by atoms with E-state index in [0.717, 1.165) is 21.3 Å². The van der Waals surface area contributed by atoms with Crippen molar-refractivity contribution in [1.82, 2.24) is 5.43 Å². The molecule has 22 heavy (non-hydrogen) atoms. The van der Waals surface area contributed by atoms with Crippen LogP contribution in [-0.4, -0.2) is 18.7 Å².